The summed E-state index contributed by atoms with van der Waals surface area (Å²) < 4.78 is 41.4. The van der Waals surface area contributed by atoms with Crippen molar-refractivity contribution in [3.63, 3.8) is 0 Å². The first kappa shape index (κ1) is 54.1. The summed E-state index contributed by atoms with van der Waals surface area (Å²) in [4.78, 5) is 80.0. The van der Waals surface area contributed by atoms with E-state index >= 15 is 0 Å². The first-order valence-electron chi connectivity index (χ1n) is 24.8. The number of piperazine rings is 1. The minimum atomic E-state index is -2.56. The predicted octanol–water partition coefficient (Wildman–Crippen LogP) is 4.11. The Morgan fingerprint density at radius 3 is 2.27 bits per heavy atom. The van der Waals surface area contributed by atoms with Gasteiger partial charge >= 0.3 is 0 Å². The number of rotatable bonds is 24. The number of nitrogens with one attached hydrogen (secondary N) is 4. The zero-order valence-electron chi connectivity index (χ0n) is 41.9. The van der Waals surface area contributed by atoms with Crippen LogP contribution in [0.25, 0.3) is 0 Å². The molecule has 4 N–H and O–H groups in total. The maximum atomic E-state index is 13.2. The summed E-state index contributed by atoms with van der Waals surface area (Å²) in [5.74, 6) is -1.53. The first-order chi connectivity index (χ1) is 35.8. The molecule has 8 rings (SSSR count). The number of imide groups is 2. The van der Waals surface area contributed by atoms with Crippen molar-refractivity contribution in [1.82, 2.24) is 35.3 Å². The molecule has 4 aromatic rings. The van der Waals surface area contributed by atoms with Gasteiger partial charge in [-0.3, -0.25) is 44.0 Å². The van der Waals surface area contributed by atoms with Crippen molar-refractivity contribution in [2.45, 2.75) is 37.8 Å². The van der Waals surface area contributed by atoms with E-state index in [1.54, 1.807) is 20.4 Å². The molecule has 3 aromatic carbocycles. The zero-order chi connectivity index (χ0) is 52.2. The summed E-state index contributed by atoms with van der Waals surface area (Å²) in [5, 5.41) is 12.4. The molecule has 0 aliphatic carbocycles. The number of aromatic nitrogens is 2. The van der Waals surface area contributed by atoms with Crippen LogP contribution in [0.5, 0.6) is 11.5 Å². The fourth-order valence-electron chi connectivity index (χ4n) is 9.43. The fourth-order valence-corrected chi connectivity index (χ4v) is 10.7. The molecule has 396 valence electrons. The summed E-state index contributed by atoms with van der Waals surface area (Å²) in [6, 6.07) is 17.4. The van der Waals surface area contributed by atoms with E-state index in [0.717, 1.165) is 74.9 Å². The van der Waals surface area contributed by atoms with Gasteiger partial charge < -0.3 is 49.1 Å². The third kappa shape index (κ3) is 13.7. The number of halogens is 1. The Kier molecular flexibility index (Phi) is 18.5. The maximum Gasteiger partial charge on any atom is 0.266 e. The second-order valence-corrected chi connectivity index (χ2v) is 22.2. The van der Waals surface area contributed by atoms with Crippen LogP contribution >= 0.6 is 18.7 Å². The summed E-state index contributed by atoms with van der Waals surface area (Å²) in [6.45, 7) is 12.6. The number of amides is 5. The number of anilines is 5. The van der Waals surface area contributed by atoms with Crippen LogP contribution in [-0.4, -0.2) is 185 Å². The van der Waals surface area contributed by atoms with E-state index in [2.05, 4.69) is 52.0 Å². The minimum Gasteiger partial charge on any atom is -0.494 e. The van der Waals surface area contributed by atoms with Crippen molar-refractivity contribution in [1.29, 1.82) is 0 Å². The van der Waals surface area contributed by atoms with E-state index in [4.69, 9.17) is 35.3 Å². The predicted molar refractivity (Wildman–Crippen MR) is 279 cm³/mol. The molecule has 0 spiro atoms. The van der Waals surface area contributed by atoms with Crippen molar-refractivity contribution in [3.8, 4) is 11.5 Å². The Bertz CT molecular complexity index is 2710. The number of carbonyl (C=O) groups excluding carboxylic acids is 5. The number of carbonyl (C=O) groups is 5. The van der Waals surface area contributed by atoms with Crippen LogP contribution in [0.3, 0.4) is 0 Å². The molecule has 0 bridgehead atoms. The van der Waals surface area contributed by atoms with Gasteiger partial charge in [0.1, 0.15) is 29.7 Å². The van der Waals surface area contributed by atoms with Gasteiger partial charge in [0.05, 0.1) is 75.4 Å². The molecule has 0 radical (unpaired) electrons. The quantitative estimate of drug-likeness (QED) is 0.0439. The molecule has 4 aliphatic rings. The molecule has 3 saturated heterocycles. The lowest BCUT2D eigenvalue weighted by Gasteiger charge is -2.43. The summed E-state index contributed by atoms with van der Waals surface area (Å²) >= 11 is 6.49. The SMILES string of the molecule is COc1cc(N2CCC(N3CCN(CCOCCOCCOCCNC(=O)COc4cccc5c4C(=O)N(C4CCC(=O)NC4=O)C5=O)CC3)CC2)ccc1Nc1ncc(Cl)c(Nc2ccccc2P(C)(C)=O)n1. The van der Waals surface area contributed by atoms with Gasteiger partial charge in [0.2, 0.25) is 17.8 Å². The van der Waals surface area contributed by atoms with Crippen molar-refractivity contribution in [3.05, 3.63) is 83.0 Å². The van der Waals surface area contributed by atoms with Gasteiger partial charge in [0.15, 0.2) is 12.4 Å². The highest BCUT2D eigenvalue weighted by Crippen LogP contribution is 2.39. The average Bonchev–Trinajstić information content (AvgIpc) is 3.65. The lowest BCUT2D eigenvalue weighted by molar-refractivity contribution is -0.136. The third-order valence-electron chi connectivity index (χ3n) is 13.3. The molecule has 5 amide bonds. The molecule has 1 aromatic heterocycles. The Morgan fingerprint density at radius 2 is 1.54 bits per heavy atom. The highest BCUT2D eigenvalue weighted by Gasteiger charge is 2.46. The van der Waals surface area contributed by atoms with E-state index in [1.807, 2.05) is 36.4 Å². The van der Waals surface area contributed by atoms with Crippen LogP contribution < -0.4 is 40.9 Å². The molecule has 23 heteroatoms. The van der Waals surface area contributed by atoms with Crippen LogP contribution in [0.15, 0.2) is 66.9 Å². The summed E-state index contributed by atoms with van der Waals surface area (Å²) in [5.41, 5.74) is 2.54. The molecule has 21 nitrogen and oxygen atoms in total. The van der Waals surface area contributed by atoms with Gasteiger partial charge in [-0.1, -0.05) is 29.8 Å². The van der Waals surface area contributed by atoms with Crippen LogP contribution in [0, 0.1) is 0 Å². The normalized spacial score (nSPS) is 17.8. The number of hydrogen-bond acceptors (Lipinski definition) is 18. The van der Waals surface area contributed by atoms with Gasteiger partial charge in [0, 0.05) is 81.9 Å². The lowest BCUT2D eigenvalue weighted by Crippen LogP contribution is -2.54. The Labute approximate surface area is 435 Å². The monoisotopic (exact) mass is 1060 g/mol. The summed E-state index contributed by atoms with van der Waals surface area (Å²) in [6.07, 6.45) is 3.73. The van der Waals surface area contributed by atoms with Gasteiger partial charge in [-0.2, -0.15) is 4.98 Å². The topological polar surface area (TPSA) is 235 Å². The molecule has 1 unspecified atom stereocenters. The van der Waals surface area contributed by atoms with Gasteiger partial charge in [-0.25, -0.2) is 4.98 Å². The van der Waals surface area contributed by atoms with E-state index in [1.165, 1.54) is 24.4 Å². The molecule has 3 fully saturated rings. The smallest absolute Gasteiger partial charge is 0.266 e. The number of fused-ring (bicyclic) bond motifs is 1. The van der Waals surface area contributed by atoms with Gasteiger partial charge in [0.25, 0.3) is 17.7 Å². The van der Waals surface area contributed by atoms with Crippen molar-refractivity contribution in [2.75, 3.05) is 135 Å². The average molecular weight is 1060 g/mol. The highest BCUT2D eigenvalue weighted by molar-refractivity contribution is 7.70. The Balaban J connectivity index is 0.648. The van der Waals surface area contributed by atoms with Crippen molar-refractivity contribution < 1.29 is 52.2 Å². The van der Waals surface area contributed by atoms with Crippen LogP contribution in [0.2, 0.25) is 5.02 Å². The first-order valence-corrected chi connectivity index (χ1v) is 27.8. The molecule has 5 heterocycles. The number of methoxy groups -OCH3 is 1. The second-order valence-electron chi connectivity index (χ2n) is 18.6. The van der Waals surface area contributed by atoms with E-state index in [0.29, 0.717) is 72.6 Å². The number of piperidine rings is 2. The fraction of sp³-hybridized carbons (Fsp3) is 0.471. The van der Waals surface area contributed by atoms with Gasteiger partial charge in [-0.15, -0.1) is 0 Å². The maximum absolute atomic E-state index is 13.2. The van der Waals surface area contributed by atoms with Crippen LogP contribution in [-0.2, 0) is 33.2 Å². The Morgan fingerprint density at radius 1 is 0.811 bits per heavy atom. The van der Waals surface area contributed by atoms with Crippen molar-refractivity contribution >= 4 is 82.4 Å². The number of hydrogen-bond donors (Lipinski definition) is 4. The number of para-hydroxylation sites is 1. The Hall–Kier alpha value is -6.19. The standard InChI is InChI=1S/C51H64ClN10O11P/c1-69-42-31-35(11-12-38(42)56-51-54-32-37(52)47(58-51)55-39-8-4-5-10-43(39)74(2,3)68)60-18-15-34(16-19-60)61-22-20-59(21-23-61)24-26-71-28-30-72-29-27-70-25-17-53-45(64)33-73-41-9-6-7-36-46(41)50(67)62(49(36)66)40-13-14-44(63)57-48(40)65/h4-12,31-32,34,40H,13-30,33H2,1-3H3,(H,53,64)(H,57,63,65)(H2,54,55,56,58). The zero-order valence-corrected chi connectivity index (χ0v) is 43.6. The summed E-state index contributed by atoms with van der Waals surface area (Å²) in [7, 11) is -0.909. The van der Waals surface area contributed by atoms with Gasteiger partial charge in [-0.05, 0) is 69.0 Å². The largest absolute Gasteiger partial charge is 0.494 e. The molecule has 0 saturated carbocycles. The lowest BCUT2D eigenvalue weighted by atomic mass is 10.0. The van der Waals surface area contributed by atoms with E-state index in [9.17, 15) is 28.5 Å². The number of benzene rings is 3. The van der Waals surface area contributed by atoms with E-state index in [-0.39, 0.29) is 42.9 Å². The minimum absolute atomic E-state index is 0.0103. The van der Waals surface area contributed by atoms with Crippen molar-refractivity contribution in [2.24, 2.45) is 0 Å². The third-order valence-corrected chi connectivity index (χ3v) is 15.1. The van der Waals surface area contributed by atoms with Crippen LogP contribution in [0.1, 0.15) is 46.4 Å². The second kappa shape index (κ2) is 25.4. The molecule has 1 atom stereocenters. The molecule has 74 heavy (non-hydrogen) atoms. The molecule has 4 aliphatic heterocycles. The molecular formula is C51H64ClN10O11P. The number of nitrogens with zero attached hydrogens (tertiary/aromatic N) is 6. The molecular weight excluding hydrogens is 995 g/mol. The van der Waals surface area contributed by atoms with Crippen LogP contribution in [0.4, 0.5) is 28.8 Å². The number of ether oxygens (including phenoxy) is 5. The van der Waals surface area contributed by atoms with E-state index < -0.39 is 49.3 Å². The highest BCUT2D eigenvalue weighted by atomic mass is 35.5.